The Morgan fingerprint density at radius 2 is 2.30 bits per heavy atom. The van der Waals surface area contributed by atoms with Gasteiger partial charge in [-0.05, 0) is 24.6 Å². The summed E-state index contributed by atoms with van der Waals surface area (Å²) < 4.78 is 10.6. The van der Waals surface area contributed by atoms with E-state index in [1.54, 1.807) is 18.2 Å². The summed E-state index contributed by atoms with van der Waals surface area (Å²) in [6.07, 6.45) is 1.67. The van der Waals surface area contributed by atoms with Crippen LogP contribution in [0.4, 0.5) is 5.69 Å². The molecule has 1 fully saturated rings. The highest BCUT2D eigenvalue weighted by Crippen LogP contribution is 2.24. The molecule has 1 amide bonds. The molecule has 2 unspecified atom stereocenters. The summed E-state index contributed by atoms with van der Waals surface area (Å²) >= 11 is 0. The van der Waals surface area contributed by atoms with Crippen LogP contribution in [-0.4, -0.2) is 48.4 Å². The van der Waals surface area contributed by atoms with Gasteiger partial charge >= 0.3 is 5.97 Å². The van der Waals surface area contributed by atoms with E-state index < -0.39 is 12.1 Å². The molecule has 1 saturated heterocycles. The SMILES string of the molecule is COC(C(=O)Nc1ccc2c(C(=O)O)c[nH]c2c1)C1CCOC1. The van der Waals surface area contributed by atoms with Gasteiger partial charge in [0, 0.05) is 42.4 Å². The van der Waals surface area contributed by atoms with E-state index in [4.69, 9.17) is 14.6 Å². The van der Waals surface area contributed by atoms with Gasteiger partial charge in [-0.2, -0.15) is 0 Å². The molecule has 7 nitrogen and oxygen atoms in total. The minimum Gasteiger partial charge on any atom is -0.478 e. The molecule has 1 aromatic heterocycles. The summed E-state index contributed by atoms with van der Waals surface area (Å²) in [4.78, 5) is 26.4. The molecule has 23 heavy (non-hydrogen) atoms. The predicted octanol–water partition coefficient (Wildman–Crippen LogP) is 1.86. The van der Waals surface area contributed by atoms with Crippen molar-refractivity contribution >= 4 is 28.5 Å². The summed E-state index contributed by atoms with van der Waals surface area (Å²) in [5.41, 5.74) is 1.44. The number of ether oxygens (including phenoxy) is 2. The molecule has 0 bridgehead atoms. The molecule has 2 atom stereocenters. The highest BCUT2D eigenvalue weighted by molar-refractivity contribution is 6.04. The number of carboxylic acids is 1. The topological polar surface area (TPSA) is 101 Å². The molecular formula is C16H18N2O5. The summed E-state index contributed by atoms with van der Waals surface area (Å²) in [7, 11) is 1.51. The average molecular weight is 318 g/mol. The van der Waals surface area contributed by atoms with Gasteiger partial charge in [-0.1, -0.05) is 0 Å². The van der Waals surface area contributed by atoms with Crippen molar-refractivity contribution in [2.75, 3.05) is 25.6 Å². The van der Waals surface area contributed by atoms with Crippen molar-refractivity contribution in [3.8, 4) is 0 Å². The molecule has 2 aromatic rings. The van der Waals surface area contributed by atoms with Gasteiger partial charge < -0.3 is 24.9 Å². The second kappa shape index (κ2) is 6.39. The summed E-state index contributed by atoms with van der Waals surface area (Å²) in [5.74, 6) is -1.17. The summed E-state index contributed by atoms with van der Waals surface area (Å²) in [6.45, 7) is 1.16. The van der Waals surface area contributed by atoms with Crippen LogP contribution in [0.25, 0.3) is 10.9 Å². The number of nitrogens with one attached hydrogen (secondary N) is 2. The van der Waals surface area contributed by atoms with Crippen LogP contribution in [0.15, 0.2) is 24.4 Å². The van der Waals surface area contributed by atoms with Crippen molar-refractivity contribution < 1.29 is 24.2 Å². The zero-order valence-electron chi connectivity index (χ0n) is 12.7. The summed E-state index contributed by atoms with van der Waals surface area (Å²) in [5, 5.41) is 12.5. The number of fused-ring (bicyclic) bond motifs is 1. The van der Waals surface area contributed by atoms with Crippen LogP contribution in [0, 0.1) is 5.92 Å². The zero-order valence-corrected chi connectivity index (χ0v) is 12.7. The highest BCUT2D eigenvalue weighted by atomic mass is 16.5. The molecule has 3 N–H and O–H groups in total. The van der Waals surface area contributed by atoms with Gasteiger partial charge in [0.15, 0.2) is 0 Å². The fourth-order valence-electron chi connectivity index (χ4n) is 2.90. The Hall–Kier alpha value is -2.38. The first-order valence-corrected chi connectivity index (χ1v) is 7.36. The van der Waals surface area contributed by atoms with E-state index in [1.165, 1.54) is 13.3 Å². The smallest absolute Gasteiger partial charge is 0.337 e. The van der Waals surface area contributed by atoms with Gasteiger partial charge in [-0.3, -0.25) is 4.79 Å². The Morgan fingerprint density at radius 1 is 1.48 bits per heavy atom. The fourth-order valence-corrected chi connectivity index (χ4v) is 2.90. The minimum absolute atomic E-state index is 0.0489. The number of aromatic amines is 1. The van der Waals surface area contributed by atoms with Crippen molar-refractivity contribution in [2.45, 2.75) is 12.5 Å². The van der Waals surface area contributed by atoms with E-state index in [2.05, 4.69) is 10.3 Å². The number of H-pyrrole nitrogens is 1. The molecule has 0 spiro atoms. The minimum atomic E-state index is -0.992. The number of hydrogen-bond donors (Lipinski definition) is 3. The number of carboxylic acid groups (broad SMARTS) is 1. The molecule has 3 rings (SSSR count). The molecule has 1 aliphatic heterocycles. The molecule has 0 saturated carbocycles. The van der Waals surface area contributed by atoms with E-state index in [9.17, 15) is 9.59 Å². The van der Waals surface area contributed by atoms with E-state index in [0.717, 1.165) is 6.42 Å². The van der Waals surface area contributed by atoms with Gasteiger partial charge in [0.2, 0.25) is 0 Å². The molecule has 0 aliphatic carbocycles. The second-order valence-electron chi connectivity index (χ2n) is 5.54. The van der Waals surface area contributed by atoms with Gasteiger partial charge in [0.05, 0.1) is 12.2 Å². The number of amides is 1. The highest BCUT2D eigenvalue weighted by Gasteiger charge is 2.31. The lowest BCUT2D eigenvalue weighted by atomic mass is 10.0. The average Bonchev–Trinajstić information content (AvgIpc) is 3.16. The lowest BCUT2D eigenvalue weighted by molar-refractivity contribution is -0.128. The molecule has 1 aliphatic rings. The standard InChI is InChI=1S/C16H18N2O5/c1-22-14(9-4-5-23-8-9)15(19)18-10-2-3-11-12(16(20)21)7-17-13(11)6-10/h2-3,6-7,9,14,17H,4-5,8H2,1H3,(H,18,19)(H,20,21). The Bertz CT molecular complexity index is 733. The van der Waals surface area contributed by atoms with Crippen LogP contribution in [0.5, 0.6) is 0 Å². The van der Waals surface area contributed by atoms with E-state index in [-0.39, 0.29) is 17.4 Å². The second-order valence-corrected chi connectivity index (χ2v) is 5.54. The van der Waals surface area contributed by atoms with Gasteiger partial charge in [-0.25, -0.2) is 4.79 Å². The van der Waals surface area contributed by atoms with Crippen molar-refractivity contribution in [1.82, 2.24) is 4.98 Å². The summed E-state index contributed by atoms with van der Waals surface area (Å²) in [6, 6.07) is 5.06. The van der Waals surface area contributed by atoms with Gasteiger partial charge in [0.25, 0.3) is 5.91 Å². The van der Waals surface area contributed by atoms with Crippen LogP contribution >= 0.6 is 0 Å². The number of rotatable bonds is 5. The largest absolute Gasteiger partial charge is 0.478 e. The number of hydrogen-bond acceptors (Lipinski definition) is 4. The van der Waals surface area contributed by atoms with Crippen molar-refractivity contribution in [1.29, 1.82) is 0 Å². The maximum Gasteiger partial charge on any atom is 0.337 e. The van der Waals surface area contributed by atoms with E-state index in [0.29, 0.717) is 29.8 Å². The number of aromatic carboxylic acids is 1. The number of anilines is 1. The third kappa shape index (κ3) is 3.06. The quantitative estimate of drug-likeness (QED) is 0.781. The Kier molecular flexibility index (Phi) is 4.31. The van der Waals surface area contributed by atoms with E-state index in [1.807, 2.05) is 0 Å². The van der Waals surface area contributed by atoms with Crippen molar-refractivity contribution in [3.05, 3.63) is 30.0 Å². The lowest BCUT2D eigenvalue weighted by Gasteiger charge is -2.20. The third-order valence-electron chi connectivity index (χ3n) is 4.09. The van der Waals surface area contributed by atoms with Gasteiger partial charge in [-0.15, -0.1) is 0 Å². The Balaban J connectivity index is 1.77. The first-order valence-electron chi connectivity index (χ1n) is 7.36. The molecular weight excluding hydrogens is 300 g/mol. The van der Waals surface area contributed by atoms with Crippen molar-refractivity contribution in [3.63, 3.8) is 0 Å². The number of aromatic nitrogens is 1. The van der Waals surface area contributed by atoms with Crippen LogP contribution < -0.4 is 5.32 Å². The first-order chi connectivity index (χ1) is 11.1. The van der Waals surface area contributed by atoms with Crippen LogP contribution in [0.3, 0.4) is 0 Å². The van der Waals surface area contributed by atoms with Crippen LogP contribution in [0.1, 0.15) is 16.8 Å². The number of benzene rings is 1. The monoisotopic (exact) mass is 318 g/mol. The predicted molar refractivity (Wildman–Crippen MR) is 83.6 cm³/mol. The van der Waals surface area contributed by atoms with E-state index >= 15 is 0 Å². The van der Waals surface area contributed by atoms with Crippen LogP contribution in [0.2, 0.25) is 0 Å². The molecule has 1 aromatic carbocycles. The Morgan fingerprint density at radius 3 is 2.96 bits per heavy atom. The molecule has 0 radical (unpaired) electrons. The lowest BCUT2D eigenvalue weighted by Crippen LogP contribution is -2.36. The third-order valence-corrected chi connectivity index (χ3v) is 4.09. The number of methoxy groups -OCH3 is 1. The molecule has 122 valence electrons. The van der Waals surface area contributed by atoms with Crippen LogP contribution in [-0.2, 0) is 14.3 Å². The number of carbonyl (C=O) groups is 2. The molecule has 7 heteroatoms. The first kappa shape index (κ1) is 15.5. The number of carbonyl (C=O) groups excluding carboxylic acids is 1. The van der Waals surface area contributed by atoms with Gasteiger partial charge in [0.1, 0.15) is 6.10 Å². The Labute approximate surface area is 132 Å². The molecule has 2 heterocycles. The normalized spacial score (nSPS) is 18.9. The maximum atomic E-state index is 12.4. The van der Waals surface area contributed by atoms with Crippen molar-refractivity contribution in [2.24, 2.45) is 5.92 Å². The zero-order chi connectivity index (χ0) is 16.4. The maximum absolute atomic E-state index is 12.4. The fraction of sp³-hybridized carbons (Fsp3) is 0.375.